The van der Waals surface area contributed by atoms with Crippen LogP contribution in [0.3, 0.4) is 0 Å². The van der Waals surface area contributed by atoms with Gasteiger partial charge in [-0.05, 0) is 48.8 Å². The zero-order valence-electron chi connectivity index (χ0n) is 10.9. The van der Waals surface area contributed by atoms with Crippen LogP contribution in [0.5, 0.6) is 0 Å². The van der Waals surface area contributed by atoms with Gasteiger partial charge in [-0.25, -0.2) is 4.39 Å². The minimum Gasteiger partial charge on any atom is -0.390 e. The van der Waals surface area contributed by atoms with Crippen LogP contribution in [0.2, 0.25) is 5.02 Å². The van der Waals surface area contributed by atoms with Crippen molar-refractivity contribution < 1.29 is 9.50 Å². The van der Waals surface area contributed by atoms with Crippen molar-refractivity contribution in [2.75, 3.05) is 0 Å². The first-order valence-electron chi connectivity index (χ1n) is 6.56. The molecule has 0 bridgehead atoms. The van der Waals surface area contributed by atoms with Gasteiger partial charge in [0.25, 0.3) is 0 Å². The molecule has 2 rings (SSSR count). The minimum atomic E-state index is -0.763. The third-order valence-electron chi connectivity index (χ3n) is 4.27. The van der Waals surface area contributed by atoms with E-state index >= 15 is 0 Å². The van der Waals surface area contributed by atoms with Gasteiger partial charge >= 0.3 is 0 Å². The Morgan fingerprint density at radius 2 is 2.11 bits per heavy atom. The van der Waals surface area contributed by atoms with Gasteiger partial charge < -0.3 is 5.11 Å². The number of halogens is 2. The van der Waals surface area contributed by atoms with Crippen molar-refractivity contribution in [3.05, 3.63) is 34.6 Å². The molecule has 3 heteroatoms. The summed E-state index contributed by atoms with van der Waals surface area (Å²) in [6.45, 7) is 4.38. The molecule has 0 saturated heterocycles. The van der Waals surface area contributed by atoms with Crippen LogP contribution in [0.15, 0.2) is 18.2 Å². The maximum atomic E-state index is 13.8. The van der Waals surface area contributed by atoms with Crippen LogP contribution < -0.4 is 0 Å². The van der Waals surface area contributed by atoms with E-state index in [1.807, 2.05) is 0 Å². The van der Waals surface area contributed by atoms with Crippen LogP contribution in [0.4, 0.5) is 4.39 Å². The van der Waals surface area contributed by atoms with E-state index in [1.165, 1.54) is 6.07 Å². The molecule has 0 spiro atoms. The number of benzene rings is 1. The highest BCUT2D eigenvalue weighted by Gasteiger charge is 2.36. The summed E-state index contributed by atoms with van der Waals surface area (Å²) in [4.78, 5) is 0. The van der Waals surface area contributed by atoms with Crippen molar-refractivity contribution >= 4 is 11.6 Å². The Morgan fingerprint density at radius 3 is 2.72 bits per heavy atom. The second-order valence-electron chi connectivity index (χ2n) is 5.83. The smallest absolute Gasteiger partial charge is 0.127 e. The van der Waals surface area contributed by atoms with E-state index in [9.17, 15) is 9.50 Å². The third kappa shape index (κ3) is 3.04. The zero-order chi connectivity index (χ0) is 13.3. The standard InChI is InChI=1S/C15H20ClFO/c1-10-5-6-15(18,8-11(10)2)9-12-3-4-13(16)7-14(12)17/h3-4,7,10-11,18H,5-6,8-9H2,1-2H3. The molecular formula is C15H20ClFO. The highest BCUT2D eigenvalue weighted by atomic mass is 35.5. The number of rotatable bonds is 2. The van der Waals surface area contributed by atoms with E-state index in [4.69, 9.17) is 11.6 Å². The maximum Gasteiger partial charge on any atom is 0.127 e. The first kappa shape index (κ1) is 13.8. The second kappa shape index (κ2) is 5.18. The predicted octanol–water partition coefficient (Wildman–Crippen LogP) is 4.21. The molecule has 0 aliphatic heterocycles. The van der Waals surface area contributed by atoms with Crippen molar-refractivity contribution in [3.63, 3.8) is 0 Å². The Balaban J connectivity index is 2.13. The fourth-order valence-electron chi connectivity index (χ4n) is 2.86. The molecule has 1 N–H and O–H groups in total. The second-order valence-corrected chi connectivity index (χ2v) is 6.27. The molecule has 0 aromatic heterocycles. The van der Waals surface area contributed by atoms with Crippen molar-refractivity contribution in [1.82, 2.24) is 0 Å². The average Bonchev–Trinajstić information content (AvgIpc) is 2.28. The Morgan fingerprint density at radius 1 is 1.39 bits per heavy atom. The van der Waals surface area contributed by atoms with Gasteiger partial charge in [0.05, 0.1) is 5.60 Å². The molecule has 1 nitrogen and oxygen atoms in total. The quantitative estimate of drug-likeness (QED) is 0.854. The summed E-state index contributed by atoms with van der Waals surface area (Å²) in [6.07, 6.45) is 2.89. The van der Waals surface area contributed by atoms with Crippen LogP contribution in [0.1, 0.15) is 38.7 Å². The highest BCUT2D eigenvalue weighted by molar-refractivity contribution is 6.30. The predicted molar refractivity (Wildman–Crippen MR) is 72.2 cm³/mol. The van der Waals surface area contributed by atoms with E-state index < -0.39 is 5.60 Å². The summed E-state index contributed by atoms with van der Waals surface area (Å²) in [6, 6.07) is 4.67. The molecule has 0 radical (unpaired) electrons. The molecule has 0 heterocycles. The van der Waals surface area contributed by atoms with Crippen molar-refractivity contribution in [3.8, 4) is 0 Å². The summed E-state index contributed by atoms with van der Waals surface area (Å²) in [7, 11) is 0. The molecule has 1 fully saturated rings. The molecule has 1 aromatic rings. The average molecular weight is 271 g/mol. The number of hydrogen-bond donors (Lipinski definition) is 1. The largest absolute Gasteiger partial charge is 0.390 e. The van der Waals surface area contributed by atoms with Gasteiger partial charge in [0, 0.05) is 11.4 Å². The topological polar surface area (TPSA) is 20.2 Å². The fraction of sp³-hybridized carbons (Fsp3) is 0.600. The Kier molecular flexibility index (Phi) is 3.98. The molecule has 1 aliphatic rings. The third-order valence-corrected chi connectivity index (χ3v) is 4.51. The van der Waals surface area contributed by atoms with Gasteiger partial charge in [-0.3, -0.25) is 0 Å². The van der Waals surface area contributed by atoms with E-state index in [1.54, 1.807) is 12.1 Å². The number of hydrogen-bond acceptors (Lipinski definition) is 1. The lowest BCUT2D eigenvalue weighted by molar-refractivity contribution is -0.0285. The van der Waals surface area contributed by atoms with Crippen LogP contribution in [-0.2, 0) is 6.42 Å². The van der Waals surface area contributed by atoms with E-state index in [0.717, 1.165) is 19.3 Å². The summed E-state index contributed by atoms with van der Waals surface area (Å²) >= 11 is 5.73. The molecule has 0 amide bonds. The zero-order valence-corrected chi connectivity index (χ0v) is 11.7. The van der Waals surface area contributed by atoms with E-state index in [0.29, 0.717) is 28.8 Å². The molecule has 3 unspecified atom stereocenters. The van der Waals surface area contributed by atoms with Crippen LogP contribution >= 0.6 is 11.6 Å². The van der Waals surface area contributed by atoms with Crippen molar-refractivity contribution in [2.45, 2.75) is 45.1 Å². The van der Waals surface area contributed by atoms with Gasteiger partial charge in [0.1, 0.15) is 5.82 Å². The molecule has 18 heavy (non-hydrogen) atoms. The first-order chi connectivity index (χ1) is 8.39. The molecule has 100 valence electrons. The van der Waals surface area contributed by atoms with Gasteiger partial charge in [-0.1, -0.05) is 31.5 Å². The summed E-state index contributed by atoms with van der Waals surface area (Å²) in [5.74, 6) is 0.807. The summed E-state index contributed by atoms with van der Waals surface area (Å²) < 4.78 is 13.8. The van der Waals surface area contributed by atoms with Gasteiger partial charge in [0.2, 0.25) is 0 Å². The lowest BCUT2D eigenvalue weighted by atomic mass is 9.71. The first-order valence-corrected chi connectivity index (χ1v) is 6.94. The van der Waals surface area contributed by atoms with Gasteiger partial charge in [-0.2, -0.15) is 0 Å². The Bertz CT molecular complexity index is 435. The molecule has 3 atom stereocenters. The van der Waals surface area contributed by atoms with E-state index in [-0.39, 0.29) is 5.82 Å². The minimum absolute atomic E-state index is 0.317. The molecule has 1 aromatic carbocycles. The van der Waals surface area contributed by atoms with Gasteiger partial charge in [-0.15, -0.1) is 0 Å². The lowest BCUT2D eigenvalue weighted by Crippen LogP contribution is -2.39. The summed E-state index contributed by atoms with van der Waals surface area (Å²) in [5, 5.41) is 11.0. The fourth-order valence-corrected chi connectivity index (χ4v) is 3.02. The van der Waals surface area contributed by atoms with Crippen LogP contribution in [-0.4, -0.2) is 10.7 Å². The summed E-state index contributed by atoms with van der Waals surface area (Å²) in [5.41, 5.74) is -0.204. The normalized spacial score (nSPS) is 32.5. The van der Waals surface area contributed by atoms with Crippen molar-refractivity contribution in [1.29, 1.82) is 0 Å². The lowest BCUT2D eigenvalue weighted by Gasteiger charge is -2.39. The molecular weight excluding hydrogens is 251 g/mol. The maximum absolute atomic E-state index is 13.8. The number of aliphatic hydroxyl groups is 1. The molecule has 1 aliphatic carbocycles. The van der Waals surface area contributed by atoms with Crippen LogP contribution in [0, 0.1) is 17.7 Å². The van der Waals surface area contributed by atoms with Gasteiger partial charge in [0.15, 0.2) is 0 Å². The highest BCUT2D eigenvalue weighted by Crippen LogP contribution is 2.38. The van der Waals surface area contributed by atoms with Crippen molar-refractivity contribution in [2.24, 2.45) is 11.8 Å². The SMILES string of the molecule is CC1CCC(O)(Cc2ccc(Cl)cc2F)CC1C. The monoisotopic (exact) mass is 270 g/mol. The molecule has 1 saturated carbocycles. The van der Waals surface area contributed by atoms with E-state index in [2.05, 4.69) is 13.8 Å². The van der Waals surface area contributed by atoms with Crippen LogP contribution in [0.25, 0.3) is 0 Å². The Labute approximate surface area is 113 Å². The Hall–Kier alpha value is -0.600.